The first-order valence-electron chi connectivity index (χ1n) is 7.52. The number of halogens is 1. The van der Waals surface area contributed by atoms with Crippen LogP contribution in [0.25, 0.3) is 21.1 Å². The smallest absolute Gasteiger partial charge is 0.230 e. The minimum Gasteiger partial charge on any atom is -0.361 e. The van der Waals surface area contributed by atoms with Gasteiger partial charge in [0.1, 0.15) is 0 Å². The predicted molar refractivity (Wildman–Crippen MR) is 100.0 cm³/mol. The van der Waals surface area contributed by atoms with Crippen molar-refractivity contribution < 1.29 is 4.79 Å². The fourth-order valence-electron chi connectivity index (χ4n) is 2.88. The van der Waals surface area contributed by atoms with Crippen molar-refractivity contribution in [2.75, 3.05) is 5.32 Å². The molecule has 120 valence electrons. The van der Waals surface area contributed by atoms with Crippen molar-refractivity contribution in [3.05, 3.63) is 58.7 Å². The molecule has 0 saturated heterocycles. The number of rotatable bonds is 3. The zero-order valence-electron chi connectivity index (χ0n) is 12.9. The molecule has 0 radical (unpaired) electrons. The summed E-state index contributed by atoms with van der Waals surface area (Å²) in [5, 5.41) is 5.26. The Hall–Kier alpha value is -2.37. The van der Waals surface area contributed by atoms with Crippen LogP contribution in [-0.2, 0) is 11.2 Å². The van der Waals surface area contributed by atoms with Crippen LogP contribution in [0.15, 0.2) is 42.6 Å². The van der Waals surface area contributed by atoms with Crippen molar-refractivity contribution in [1.82, 2.24) is 9.97 Å². The molecule has 4 nitrogen and oxygen atoms in total. The highest BCUT2D eigenvalue weighted by atomic mass is 35.5. The van der Waals surface area contributed by atoms with Gasteiger partial charge in [0.25, 0.3) is 0 Å². The number of aryl methyl sites for hydroxylation is 1. The summed E-state index contributed by atoms with van der Waals surface area (Å²) in [7, 11) is 0. The molecule has 2 N–H and O–H groups in total. The Morgan fingerprint density at radius 3 is 3.08 bits per heavy atom. The van der Waals surface area contributed by atoms with Gasteiger partial charge in [-0.15, -0.1) is 0 Å². The van der Waals surface area contributed by atoms with Gasteiger partial charge < -0.3 is 10.3 Å². The summed E-state index contributed by atoms with van der Waals surface area (Å²) in [6.45, 7) is 2.05. The van der Waals surface area contributed by atoms with E-state index in [1.165, 1.54) is 11.3 Å². The van der Waals surface area contributed by atoms with Crippen LogP contribution < -0.4 is 5.32 Å². The number of carbonyl (C=O) groups excluding carboxylic acids is 1. The van der Waals surface area contributed by atoms with E-state index in [9.17, 15) is 4.79 Å². The molecule has 1 amide bonds. The zero-order valence-corrected chi connectivity index (χ0v) is 14.5. The van der Waals surface area contributed by atoms with E-state index in [1.54, 1.807) is 6.07 Å². The van der Waals surface area contributed by atoms with E-state index in [1.807, 2.05) is 30.5 Å². The van der Waals surface area contributed by atoms with Crippen LogP contribution in [0.3, 0.4) is 0 Å². The number of nitrogens with zero attached hydrogens (tertiary/aromatic N) is 1. The number of hydrogen-bond acceptors (Lipinski definition) is 3. The highest BCUT2D eigenvalue weighted by molar-refractivity contribution is 7.22. The van der Waals surface area contributed by atoms with Gasteiger partial charge in [-0.3, -0.25) is 4.79 Å². The van der Waals surface area contributed by atoms with Gasteiger partial charge in [-0.25, -0.2) is 4.98 Å². The van der Waals surface area contributed by atoms with Crippen molar-refractivity contribution in [2.24, 2.45) is 0 Å². The van der Waals surface area contributed by atoms with Crippen LogP contribution >= 0.6 is 22.9 Å². The molecular weight excluding hydrogens is 342 g/mol. The number of hydrogen-bond donors (Lipinski definition) is 2. The van der Waals surface area contributed by atoms with E-state index in [-0.39, 0.29) is 5.91 Å². The van der Waals surface area contributed by atoms with Gasteiger partial charge in [-0.1, -0.05) is 35.1 Å². The van der Waals surface area contributed by atoms with Gasteiger partial charge in [-0.2, -0.15) is 0 Å². The lowest BCUT2D eigenvalue weighted by Crippen LogP contribution is -2.14. The number of thiazole rings is 1. The summed E-state index contributed by atoms with van der Waals surface area (Å²) in [6, 6.07) is 11.6. The molecule has 0 aliphatic rings. The number of aromatic nitrogens is 2. The number of H-pyrrole nitrogens is 1. The molecule has 6 heteroatoms. The molecule has 0 fully saturated rings. The number of amides is 1. The van der Waals surface area contributed by atoms with Gasteiger partial charge >= 0.3 is 0 Å². The molecule has 0 aliphatic heterocycles. The molecule has 0 spiro atoms. The second-order valence-corrected chi connectivity index (χ2v) is 7.13. The zero-order chi connectivity index (χ0) is 16.7. The summed E-state index contributed by atoms with van der Waals surface area (Å²) in [6.07, 6.45) is 2.21. The first-order valence-corrected chi connectivity index (χ1v) is 8.71. The van der Waals surface area contributed by atoms with Gasteiger partial charge in [0.05, 0.1) is 16.6 Å². The van der Waals surface area contributed by atoms with Gasteiger partial charge in [-0.05, 0) is 42.3 Å². The Balaban J connectivity index is 1.57. The molecule has 0 unspecified atom stereocenters. The van der Waals surface area contributed by atoms with Crippen molar-refractivity contribution in [2.45, 2.75) is 13.3 Å². The Bertz CT molecular complexity index is 1070. The SMILES string of the molecule is Cc1cccc2[nH]cc(CC(=O)Nc3nc4ccc(Cl)cc4s3)c12. The quantitative estimate of drug-likeness (QED) is 0.548. The third-order valence-electron chi connectivity index (χ3n) is 3.94. The Morgan fingerprint density at radius 2 is 2.21 bits per heavy atom. The summed E-state index contributed by atoms with van der Waals surface area (Å²) in [5.41, 5.74) is 4.03. The summed E-state index contributed by atoms with van der Waals surface area (Å²) >= 11 is 7.41. The van der Waals surface area contributed by atoms with Crippen molar-refractivity contribution >= 4 is 55.1 Å². The van der Waals surface area contributed by atoms with E-state index in [0.29, 0.717) is 16.6 Å². The van der Waals surface area contributed by atoms with Crippen LogP contribution in [0.5, 0.6) is 0 Å². The maximum absolute atomic E-state index is 12.4. The highest BCUT2D eigenvalue weighted by Gasteiger charge is 2.12. The highest BCUT2D eigenvalue weighted by Crippen LogP contribution is 2.28. The van der Waals surface area contributed by atoms with Gasteiger partial charge in [0, 0.05) is 22.1 Å². The average Bonchev–Trinajstić information content (AvgIpc) is 3.11. The fourth-order valence-corrected chi connectivity index (χ4v) is 4.04. The summed E-state index contributed by atoms with van der Waals surface area (Å²) in [5.74, 6) is -0.0793. The molecular formula is C18H14ClN3OS. The molecule has 0 aliphatic carbocycles. The van der Waals surface area contributed by atoms with Crippen LogP contribution in [0, 0.1) is 6.92 Å². The van der Waals surface area contributed by atoms with E-state index in [0.717, 1.165) is 32.2 Å². The number of aromatic amines is 1. The molecule has 0 saturated carbocycles. The van der Waals surface area contributed by atoms with Crippen molar-refractivity contribution in [3.8, 4) is 0 Å². The maximum atomic E-state index is 12.4. The van der Waals surface area contributed by atoms with Crippen molar-refractivity contribution in [3.63, 3.8) is 0 Å². The Kier molecular flexibility index (Phi) is 3.75. The first kappa shape index (κ1) is 15.2. The summed E-state index contributed by atoms with van der Waals surface area (Å²) < 4.78 is 0.959. The first-order chi connectivity index (χ1) is 11.6. The molecule has 0 atom stereocenters. The topological polar surface area (TPSA) is 57.8 Å². The average molecular weight is 356 g/mol. The monoisotopic (exact) mass is 355 g/mol. The van der Waals surface area contributed by atoms with E-state index in [2.05, 4.69) is 28.3 Å². The normalized spacial score (nSPS) is 11.2. The lowest BCUT2D eigenvalue weighted by atomic mass is 10.1. The third-order valence-corrected chi connectivity index (χ3v) is 5.11. The van der Waals surface area contributed by atoms with Crippen LogP contribution in [0.4, 0.5) is 5.13 Å². The number of benzene rings is 2. The Morgan fingerprint density at radius 1 is 1.33 bits per heavy atom. The van der Waals surface area contributed by atoms with Crippen LogP contribution in [0.2, 0.25) is 5.02 Å². The largest absolute Gasteiger partial charge is 0.361 e. The molecule has 24 heavy (non-hydrogen) atoms. The number of nitrogens with one attached hydrogen (secondary N) is 2. The number of fused-ring (bicyclic) bond motifs is 2. The number of anilines is 1. The molecule has 4 aromatic rings. The fraction of sp³-hybridized carbons (Fsp3) is 0.111. The third kappa shape index (κ3) is 2.77. The minimum absolute atomic E-state index is 0.0793. The molecule has 2 aromatic heterocycles. The molecule has 0 bridgehead atoms. The maximum Gasteiger partial charge on any atom is 0.230 e. The second kappa shape index (κ2) is 5.92. The molecule has 2 heterocycles. The molecule has 2 aromatic carbocycles. The second-order valence-electron chi connectivity index (χ2n) is 5.67. The van der Waals surface area contributed by atoms with Crippen molar-refractivity contribution in [1.29, 1.82) is 0 Å². The lowest BCUT2D eigenvalue weighted by Gasteiger charge is -2.02. The predicted octanol–water partition coefficient (Wildman–Crippen LogP) is 4.92. The lowest BCUT2D eigenvalue weighted by molar-refractivity contribution is -0.115. The van der Waals surface area contributed by atoms with E-state index >= 15 is 0 Å². The van der Waals surface area contributed by atoms with Crippen LogP contribution in [-0.4, -0.2) is 15.9 Å². The molecule has 4 rings (SSSR count). The minimum atomic E-state index is -0.0793. The standard InChI is InChI=1S/C18H14ClN3OS/c1-10-3-2-4-14-17(10)11(9-20-14)7-16(23)22-18-21-13-6-5-12(19)8-15(13)24-18/h2-6,8-9,20H,7H2,1H3,(H,21,22,23). The van der Waals surface area contributed by atoms with E-state index < -0.39 is 0 Å². The van der Waals surface area contributed by atoms with Crippen LogP contribution in [0.1, 0.15) is 11.1 Å². The van der Waals surface area contributed by atoms with E-state index in [4.69, 9.17) is 11.6 Å². The Labute approximate surface area is 147 Å². The van der Waals surface area contributed by atoms with Gasteiger partial charge in [0.15, 0.2) is 5.13 Å². The summed E-state index contributed by atoms with van der Waals surface area (Å²) in [4.78, 5) is 20.0. The van der Waals surface area contributed by atoms with Gasteiger partial charge in [0.2, 0.25) is 5.91 Å². The number of carbonyl (C=O) groups is 1.